The monoisotopic (exact) mass is 223 g/mol. The summed E-state index contributed by atoms with van der Waals surface area (Å²) in [6.45, 7) is 8.45. The molecule has 1 atom stereocenters. The minimum atomic E-state index is -0.137. The van der Waals surface area contributed by atoms with E-state index in [1.165, 1.54) is 5.56 Å². The molecule has 90 valence electrons. The van der Waals surface area contributed by atoms with Gasteiger partial charge in [0.1, 0.15) is 5.82 Å². The maximum atomic E-state index is 12.9. The summed E-state index contributed by atoms with van der Waals surface area (Å²) in [6.07, 6.45) is 2.19. The van der Waals surface area contributed by atoms with Gasteiger partial charge in [-0.05, 0) is 62.0 Å². The summed E-state index contributed by atoms with van der Waals surface area (Å²) in [4.78, 5) is 0. The lowest BCUT2D eigenvalue weighted by Gasteiger charge is -2.12. The second-order valence-corrected chi connectivity index (χ2v) is 4.52. The number of nitrogens with one attached hydrogen (secondary N) is 1. The zero-order valence-corrected chi connectivity index (χ0v) is 10.5. The van der Waals surface area contributed by atoms with E-state index in [4.69, 9.17) is 0 Å². The minimum absolute atomic E-state index is 0.137. The van der Waals surface area contributed by atoms with E-state index in [0.717, 1.165) is 31.5 Å². The molecule has 0 aliphatic heterocycles. The van der Waals surface area contributed by atoms with Gasteiger partial charge in [-0.15, -0.1) is 0 Å². The molecule has 1 rings (SSSR count). The van der Waals surface area contributed by atoms with Crippen LogP contribution >= 0.6 is 0 Å². The fourth-order valence-electron chi connectivity index (χ4n) is 1.83. The predicted molar refractivity (Wildman–Crippen MR) is 67.2 cm³/mol. The Morgan fingerprint density at radius 1 is 1.38 bits per heavy atom. The van der Waals surface area contributed by atoms with E-state index in [1.807, 2.05) is 13.0 Å². The number of halogens is 1. The number of aryl methyl sites for hydroxylation is 2. The van der Waals surface area contributed by atoms with Gasteiger partial charge in [0.2, 0.25) is 0 Å². The van der Waals surface area contributed by atoms with Gasteiger partial charge in [-0.2, -0.15) is 0 Å². The first-order chi connectivity index (χ1) is 7.63. The SMILES string of the molecule is CCNCC(C)CCc1ccc(F)cc1C. The first-order valence-corrected chi connectivity index (χ1v) is 6.09. The second kappa shape index (κ2) is 6.64. The van der Waals surface area contributed by atoms with E-state index in [9.17, 15) is 4.39 Å². The van der Waals surface area contributed by atoms with E-state index in [-0.39, 0.29) is 5.82 Å². The third-order valence-electron chi connectivity index (χ3n) is 2.95. The zero-order chi connectivity index (χ0) is 12.0. The first-order valence-electron chi connectivity index (χ1n) is 6.09. The third-order valence-corrected chi connectivity index (χ3v) is 2.95. The van der Waals surface area contributed by atoms with Gasteiger partial charge in [0.25, 0.3) is 0 Å². The molecule has 16 heavy (non-hydrogen) atoms. The van der Waals surface area contributed by atoms with Crippen LogP contribution in [0.3, 0.4) is 0 Å². The van der Waals surface area contributed by atoms with E-state index in [1.54, 1.807) is 12.1 Å². The van der Waals surface area contributed by atoms with Crippen LogP contribution in [0.5, 0.6) is 0 Å². The molecule has 0 heterocycles. The van der Waals surface area contributed by atoms with Crippen LogP contribution in [0.4, 0.5) is 4.39 Å². The highest BCUT2D eigenvalue weighted by Gasteiger charge is 2.04. The van der Waals surface area contributed by atoms with E-state index in [0.29, 0.717) is 5.92 Å². The average molecular weight is 223 g/mol. The van der Waals surface area contributed by atoms with Gasteiger partial charge in [0.05, 0.1) is 0 Å². The first kappa shape index (κ1) is 13.2. The average Bonchev–Trinajstić information content (AvgIpc) is 2.25. The van der Waals surface area contributed by atoms with Gasteiger partial charge in [-0.3, -0.25) is 0 Å². The van der Waals surface area contributed by atoms with Crippen molar-refractivity contribution in [1.82, 2.24) is 5.32 Å². The van der Waals surface area contributed by atoms with Crippen molar-refractivity contribution in [3.05, 3.63) is 35.1 Å². The zero-order valence-electron chi connectivity index (χ0n) is 10.5. The Morgan fingerprint density at radius 3 is 2.75 bits per heavy atom. The highest BCUT2D eigenvalue weighted by atomic mass is 19.1. The largest absolute Gasteiger partial charge is 0.317 e. The molecule has 0 saturated heterocycles. The Morgan fingerprint density at radius 2 is 2.12 bits per heavy atom. The van der Waals surface area contributed by atoms with Crippen molar-refractivity contribution in [1.29, 1.82) is 0 Å². The summed E-state index contributed by atoms with van der Waals surface area (Å²) in [7, 11) is 0. The molecule has 0 saturated carbocycles. The molecule has 0 aromatic heterocycles. The topological polar surface area (TPSA) is 12.0 Å². The number of benzene rings is 1. The molecule has 1 aromatic rings. The Bertz CT molecular complexity index is 323. The smallest absolute Gasteiger partial charge is 0.123 e. The summed E-state index contributed by atoms with van der Waals surface area (Å²) in [5.41, 5.74) is 2.33. The molecule has 1 unspecified atom stereocenters. The molecule has 0 fully saturated rings. The maximum Gasteiger partial charge on any atom is 0.123 e. The quantitative estimate of drug-likeness (QED) is 0.780. The predicted octanol–water partition coefficient (Wildman–Crippen LogP) is 3.31. The lowest BCUT2D eigenvalue weighted by atomic mass is 9.98. The molecule has 0 spiro atoms. The van der Waals surface area contributed by atoms with Gasteiger partial charge in [0, 0.05) is 0 Å². The molecule has 0 amide bonds. The van der Waals surface area contributed by atoms with Crippen LogP contribution in [0.2, 0.25) is 0 Å². The molecule has 0 aliphatic carbocycles. The third kappa shape index (κ3) is 4.31. The van der Waals surface area contributed by atoms with Gasteiger partial charge < -0.3 is 5.32 Å². The Hall–Kier alpha value is -0.890. The van der Waals surface area contributed by atoms with Gasteiger partial charge in [-0.1, -0.05) is 19.9 Å². The molecule has 1 aromatic carbocycles. The molecule has 0 bridgehead atoms. The van der Waals surface area contributed by atoms with Crippen LogP contribution in [0.25, 0.3) is 0 Å². The van der Waals surface area contributed by atoms with Crippen LogP contribution in [0, 0.1) is 18.7 Å². The fraction of sp³-hybridized carbons (Fsp3) is 0.571. The standard InChI is InChI=1S/C14H22FN/c1-4-16-10-11(2)5-6-13-7-8-14(15)9-12(13)3/h7-9,11,16H,4-6,10H2,1-3H3. The van der Waals surface area contributed by atoms with Crippen LogP contribution in [-0.2, 0) is 6.42 Å². The normalized spacial score (nSPS) is 12.8. The molecule has 2 heteroatoms. The lowest BCUT2D eigenvalue weighted by Crippen LogP contribution is -2.20. The van der Waals surface area contributed by atoms with Gasteiger partial charge in [0.15, 0.2) is 0 Å². The van der Waals surface area contributed by atoms with Gasteiger partial charge >= 0.3 is 0 Å². The lowest BCUT2D eigenvalue weighted by molar-refractivity contribution is 0.488. The van der Waals surface area contributed by atoms with Crippen LogP contribution < -0.4 is 5.32 Å². The van der Waals surface area contributed by atoms with Crippen molar-refractivity contribution in [2.75, 3.05) is 13.1 Å². The summed E-state index contributed by atoms with van der Waals surface area (Å²) < 4.78 is 12.9. The highest BCUT2D eigenvalue weighted by Crippen LogP contribution is 2.14. The van der Waals surface area contributed by atoms with Crippen molar-refractivity contribution in [2.45, 2.75) is 33.6 Å². The van der Waals surface area contributed by atoms with Crippen molar-refractivity contribution in [3.63, 3.8) is 0 Å². The molecular weight excluding hydrogens is 201 g/mol. The van der Waals surface area contributed by atoms with Crippen molar-refractivity contribution >= 4 is 0 Å². The van der Waals surface area contributed by atoms with E-state index >= 15 is 0 Å². The second-order valence-electron chi connectivity index (χ2n) is 4.52. The Labute approximate surface area is 98.1 Å². The number of hydrogen-bond acceptors (Lipinski definition) is 1. The van der Waals surface area contributed by atoms with E-state index < -0.39 is 0 Å². The summed E-state index contributed by atoms with van der Waals surface area (Å²) >= 11 is 0. The van der Waals surface area contributed by atoms with E-state index in [2.05, 4.69) is 19.2 Å². The molecule has 0 aliphatic rings. The summed E-state index contributed by atoms with van der Waals surface area (Å²) in [6, 6.07) is 5.08. The van der Waals surface area contributed by atoms with Crippen molar-refractivity contribution in [2.24, 2.45) is 5.92 Å². The Kier molecular flexibility index (Phi) is 5.47. The summed E-state index contributed by atoms with van der Waals surface area (Å²) in [5.74, 6) is 0.534. The highest BCUT2D eigenvalue weighted by molar-refractivity contribution is 5.26. The number of rotatable bonds is 6. The minimum Gasteiger partial charge on any atom is -0.317 e. The molecule has 1 N–H and O–H groups in total. The molecular formula is C14H22FN. The molecule has 0 radical (unpaired) electrons. The van der Waals surface area contributed by atoms with Crippen LogP contribution in [-0.4, -0.2) is 13.1 Å². The van der Waals surface area contributed by atoms with Crippen LogP contribution in [0.15, 0.2) is 18.2 Å². The van der Waals surface area contributed by atoms with Crippen molar-refractivity contribution in [3.8, 4) is 0 Å². The fourth-order valence-corrected chi connectivity index (χ4v) is 1.83. The number of hydrogen-bond donors (Lipinski definition) is 1. The van der Waals surface area contributed by atoms with Crippen LogP contribution in [0.1, 0.15) is 31.4 Å². The molecule has 1 nitrogen and oxygen atoms in total. The summed E-state index contributed by atoms with van der Waals surface area (Å²) in [5, 5.41) is 3.35. The maximum absolute atomic E-state index is 12.9. The van der Waals surface area contributed by atoms with Gasteiger partial charge in [-0.25, -0.2) is 4.39 Å². The Balaban J connectivity index is 2.42. The van der Waals surface area contributed by atoms with Crippen molar-refractivity contribution < 1.29 is 4.39 Å².